The summed E-state index contributed by atoms with van der Waals surface area (Å²) >= 11 is 0. The third-order valence-corrected chi connectivity index (χ3v) is 9.20. The van der Waals surface area contributed by atoms with Gasteiger partial charge in [0, 0.05) is 31.1 Å². The summed E-state index contributed by atoms with van der Waals surface area (Å²) < 4.78 is 0. The lowest BCUT2D eigenvalue weighted by atomic mass is 9.39. The number of hydrogen-bond acceptors (Lipinski definition) is 3. The molecular weight excluding hydrogens is 312 g/mol. The van der Waals surface area contributed by atoms with Crippen molar-refractivity contribution >= 4 is 17.3 Å². The number of Topliss-reactive ketones (excluding diaryl/α,β-unsaturated/α-hetero) is 3. The molecule has 3 heteroatoms. The minimum atomic E-state index is -0.151. The van der Waals surface area contributed by atoms with Gasteiger partial charge in [-0.3, -0.25) is 14.4 Å². The molecule has 0 aromatic carbocycles. The predicted molar refractivity (Wildman–Crippen MR) is 95.9 cm³/mol. The summed E-state index contributed by atoms with van der Waals surface area (Å²) in [7, 11) is 0. The van der Waals surface area contributed by atoms with Crippen molar-refractivity contribution < 1.29 is 14.4 Å². The Balaban J connectivity index is 1.76. The molecule has 4 aliphatic rings. The van der Waals surface area contributed by atoms with Crippen molar-refractivity contribution in [1.82, 2.24) is 0 Å². The number of fused-ring (bicyclic) bond motifs is 5. The maximum absolute atomic E-state index is 13.5. The van der Waals surface area contributed by atoms with Gasteiger partial charge in [0.1, 0.15) is 17.3 Å². The lowest BCUT2D eigenvalue weighted by molar-refractivity contribution is -0.180. The molecule has 0 radical (unpaired) electrons. The van der Waals surface area contributed by atoms with Crippen LogP contribution in [-0.2, 0) is 14.4 Å². The second kappa shape index (κ2) is 5.27. The molecule has 0 aromatic heterocycles. The molecule has 7 atom stereocenters. The Morgan fingerprint density at radius 2 is 1.68 bits per heavy atom. The number of carbonyl (C=O) groups is 3. The van der Waals surface area contributed by atoms with Crippen molar-refractivity contribution in [2.45, 2.75) is 79.1 Å². The normalized spacial score (nSPS) is 52.3. The average Bonchev–Trinajstić information content (AvgIpc) is 2.85. The fourth-order valence-corrected chi connectivity index (χ4v) is 8.24. The molecule has 138 valence electrons. The van der Waals surface area contributed by atoms with Crippen LogP contribution in [0.25, 0.3) is 0 Å². The van der Waals surface area contributed by atoms with Crippen LogP contribution in [0.15, 0.2) is 0 Å². The van der Waals surface area contributed by atoms with Crippen molar-refractivity contribution in [1.29, 1.82) is 0 Å². The Morgan fingerprint density at radius 3 is 2.36 bits per heavy atom. The van der Waals surface area contributed by atoms with E-state index in [1.165, 1.54) is 0 Å². The van der Waals surface area contributed by atoms with E-state index in [-0.39, 0.29) is 33.9 Å². The van der Waals surface area contributed by atoms with Crippen molar-refractivity contribution in [2.75, 3.05) is 0 Å². The van der Waals surface area contributed by atoms with Gasteiger partial charge in [0.2, 0.25) is 0 Å². The van der Waals surface area contributed by atoms with E-state index in [0.29, 0.717) is 42.7 Å². The summed E-state index contributed by atoms with van der Waals surface area (Å²) in [6, 6.07) is 0. The lowest BCUT2D eigenvalue weighted by Crippen LogP contribution is -2.62. The minimum Gasteiger partial charge on any atom is -0.300 e. The van der Waals surface area contributed by atoms with Crippen LogP contribution in [0.3, 0.4) is 0 Å². The first kappa shape index (κ1) is 17.4. The van der Waals surface area contributed by atoms with E-state index < -0.39 is 0 Å². The summed E-state index contributed by atoms with van der Waals surface area (Å²) in [4.78, 5) is 37.8. The Hall–Kier alpha value is -0.990. The molecule has 4 aliphatic carbocycles. The van der Waals surface area contributed by atoms with E-state index in [1.54, 1.807) is 6.92 Å². The van der Waals surface area contributed by atoms with Crippen LogP contribution < -0.4 is 0 Å². The van der Waals surface area contributed by atoms with Gasteiger partial charge in [-0.15, -0.1) is 0 Å². The van der Waals surface area contributed by atoms with Gasteiger partial charge in [-0.05, 0) is 67.1 Å². The highest BCUT2D eigenvalue weighted by Gasteiger charge is 2.68. The molecule has 0 saturated heterocycles. The summed E-state index contributed by atoms with van der Waals surface area (Å²) in [6.45, 7) is 8.57. The lowest BCUT2D eigenvalue weighted by Gasteiger charge is -2.64. The molecule has 0 bridgehead atoms. The fraction of sp³-hybridized carbons (Fsp3) is 0.864. The van der Waals surface area contributed by atoms with E-state index in [0.717, 1.165) is 32.1 Å². The van der Waals surface area contributed by atoms with Gasteiger partial charge in [0.05, 0.1) is 0 Å². The zero-order chi connectivity index (χ0) is 18.2. The van der Waals surface area contributed by atoms with E-state index in [4.69, 9.17) is 0 Å². The molecule has 4 rings (SSSR count). The van der Waals surface area contributed by atoms with E-state index in [2.05, 4.69) is 20.8 Å². The zero-order valence-corrected chi connectivity index (χ0v) is 16.2. The SMILES string of the molecule is CC(=O)[C@@H]1CC[C@H]2[C@]3(C)CC[C@H]4CC(=O)CC[C@]4(C)[C@@H]3C(=O)C[C@@]21C. The predicted octanol–water partition coefficient (Wildman–Crippen LogP) is 4.37. The molecule has 4 fully saturated rings. The van der Waals surface area contributed by atoms with Gasteiger partial charge in [0.25, 0.3) is 0 Å². The largest absolute Gasteiger partial charge is 0.300 e. The van der Waals surface area contributed by atoms with Crippen LogP contribution in [-0.4, -0.2) is 17.3 Å². The van der Waals surface area contributed by atoms with Crippen LogP contribution >= 0.6 is 0 Å². The minimum absolute atomic E-state index is 0.0000784. The first-order valence-electron chi connectivity index (χ1n) is 10.2. The quantitative estimate of drug-likeness (QED) is 0.709. The molecule has 0 aliphatic heterocycles. The number of carbonyl (C=O) groups excluding carboxylic acids is 3. The number of hydrogen-bond donors (Lipinski definition) is 0. The number of rotatable bonds is 1. The molecule has 0 N–H and O–H groups in total. The average molecular weight is 344 g/mol. The fourth-order valence-electron chi connectivity index (χ4n) is 8.24. The van der Waals surface area contributed by atoms with E-state index in [1.807, 2.05) is 0 Å². The van der Waals surface area contributed by atoms with Gasteiger partial charge in [-0.2, -0.15) is 0 Å². The van der Waals surface area contributed by atoms with E-state index >= 15 is 0 Å². The molecule has 25 heavy (non-hydrogen) atoms. The maximum Gasteiger partial charge on any atom is 0.137 e. The molecule has 0 spiro atoms. The summed E-state index contributed by atoms with van der Waals surface area (Å²) in [6.07, 6.45) is 6.91. The molecule has 4 saturated carbocycles. The highest BCUT2D eigenvalue weighted by Crippen LogP contribution is 2.71. The van der Waals surface area contributed by atoms with Gasteiger partial charge >= 0.3 is 0 Å². The molecule has 0 aromatic rings. The molecule has 0 amide bonds. The monoisotopic (exact) mass is 344 g/mol. The first-order chi connectivity index (χ1) is 11.6. The van der Waals surface area contributed by atoms with Gasteiger partial charge in [-0.25, -0.2) is 0 Å². The van der Waals surface area contributed by atoms with Gasteiger partial charge in [-0.1, -0.05) is 20.8 Å². The van der Waals surface area contributed by atoms with Crippen molar-refractivity contribution in [2.24, 2.45) is 39.9 Å². The molecule has 3 nitrogen and oxygen atoms in total. The summed E-state index contributed by atoms with van der Waals surface area (Å²) in [5, 5.41) is 0. The standard InChI is InChI=1S/C22H32O3/c1-13(23)16-5-6-18-21(3)9-7-14-11-15(24)8-10-20(14,2)19(21)17(25)12-22(16,18)4/h14,16,18-19H,5-12H2,1-4H3/t14-,16-,18-,19-,20-,21-,22+/m0/s1. The second-order valence-corrected chi connectivity index (χ2v) is 10.4. The highest BCUT2D eigenvalue weighted by molar-refractivity contribution is 5.88. The Bertz CT molecular complexity index is 652. The smallest absolute Gasteiger partial charge is 0.137 e. The Labute approximate surface area is 151 Å². The van der Waals surface area contributed by atoms with Crippen LogP contribution in [0.4, 0.5) is 0 Å². The molecule has 0 unspecified atom stereocenters. The van der Waals surface area contributed by atoms with Crippen molar-refractivity contribution in [3.8, 4) is 0 Å². The molecule has 0 heterocycles. The van der Waals surface area contributed by atoms with Crippen LogP contribution in [0.1, 0.15) is 79.1 Å². The first-order valence-corrected chi connectivity index (χ1v) is 10.2. The van der Waals surface area contributed by atoms with Crippen LogP contribution in [0.2, 0.25) is 0 Å². The van der Waals surface area contributed by atoms with Crippen molar-refractivity contribution in [3.05, 3.63) is 0 Å². The maximum atomic E-state index is 13.5. The summed E-state index contributed by atoms with van der Waals surface area (Å²) in [5.41, 5.74) is -0.171. The second-order valence-electron chi connectivity index (χ2n) is 10.4. The van der Waals surface area contributed by atoms with Crippen molar-refractivity contribution in [3.63, 3.8) is 0 Å². The highest BCUT2D eigenvalue weighted by atomic mass is 16.1. The van der Waals surface area contributed by atoms with Crippen LogP contribution in [0.5, 0.6) is 0 Å². The Morgan fingerprint density at radius 1 is 0.960 bits per heavy atom. The van der Waals surface area contributed by atoms with Gasteiger partial charge in [0.15, 0.2) is 0 Å². The van der Waals surface area contributed by atoms with Crippen LogP contribution in [0, 0.1) is 39.9 Å². The Kier molecular flexibility index (Phi) is 3.67. The zero-order valence-electron chi connectivity index (χ0n) is 16.2. The van der Waals surface area contributed by atoms with E-state index in [9.17, 15) is 14.4 Å². The molecular formula is C22H32O3. The topological polar surface area (TPSA) is 51.2 Å². The third-order valence-electron chi connectivity index (χ3n) is 9.20. The van der Waals surface area contributed by atoms with Gasteiger partial charge < -0.3 is 0 Å². The third kappa shape index (κ3) is 2.13. The number of ketones is 3. The summed E-state index contributed by atoms with van der Waals surface area (Å²) in [5.74, 6) is 2.01.